The van der Waals surface area contributed by atoms with Crippen molar-refractivity contribution in [3.05, 3.63) is 64.2 Å². The number of hydrogen-bond donors (Lipinski definition) is 2. The molecule has 0 aliphatic carbocycles. The summed E-state index contributed by atoms with van der Waals surface area (Å²) in [6.07, 6.45) is 0. The van der Waals surface area contributed by atoms with E-state index in [-0.39, 0.29) is 11.5 Å². The van der Waals surface area contributed by atoms with Crippen LogP contribution < -0.4 is 5.32 Å². The molecule has 0 atom stereocenters. The first-order valence-corrected chi connectivity index (χ1v) is 6.26. The highest BCUT2D eigenvalue weighted by Crippen LogP contribution is 2.17. The van der Waals surface area contributed by atoms with Gasteiger partial charge in [-0.1, -0.05) is 23.7 Å². The molecule has 2 rings (SSSR count). The molecule has 102 valence electrons. The predicted molar refractivity (Wildman–Crippen MR) is 77.5 cm³/mol. The highest BCUT2D eigenvalue weighted by atomic mass is 35.5. The summed E-state index contributed by atoms with van der Waals surface area (Å²) in [5, 5.41) is 12.2. The van der Waals surface area contributed by atoms with E-state index >= 15 is 0 Å². The number of amides is 1. The van der Waals surface area contributed by atoms with Crippen LogP contribution in [0.2, 0.25) is 5.02 Å². The second-order valence-corrected chi connectivity index (χ2v) is 4.74. The summed E-state index contributed by atoms with van der Waals surface area (Å²) in [4.78, 5) is 23.1. The molecule has 0 spiro atoms. The van der Waals surface area contributed by atoms with Crippen molar-refractivity contribution in [3.8, 4) is 0 Å². The van der Waals surface area contributed by atoms with Gasteiger partial charge in [-0.05, 0) is 42.8 Å². The van der Waals surface area contributed by atoms with Crippen LogP contribution in [0.3, 0.4) is 0 Å². The number of aryl methyl sites for hydroxylation is 1. The zero-order valence-corrected chi connectivity index (χ0v) is 11.4. The number of benzene rings is 2. The van der Waals surface area contributed by atoms with Crippen LogP contribution in [0.1, 0.15) is 26.3 Å². The highest BCUT2D eigenvalue weighted by Gasteiger charge is 2.10. The smallest absolute Gasteiger partial charge is 0.336 e. The number of carboxylic acids is 1. The lowest BCUT2D eigenvalue weighted by Crippen LogP contribution is -2.12. The van der Waals surface area contributed by atoms with Gasteiger partial charge >= 0.3 is 5.97 Å². The number of halogens is 1. The van der Waals surface area contributed by atoms with Crippen LogP contribution in [-0.2, 0) is 0 Å². The van der Waals surface area contributed by atoms with E-state index < -0.39 is 5.97 Å². The maximum atomic E-state index is 12.0. The van der Waals surface area contributed by atoms with Crippen molar-refractivity contribution in [3.63, 3.8) is 0 Å². The quantitative estimate of drug-likeness (QED) is 0.907. The van der Waals surface area contributed by atoms with Gasteiger partial charge in [0.1, 0.15) is 0 Å². The van der Waals surface area contributed by atoms with Crippen LogP contribution in [0.5, 0.6) is 0 Å². The van der Waals surface area contributed by atoms with Crippen molar-refractivity contribution < 1.29 is 14.7 Å². The first kappa shape index (κ1) is 14.1. The number of aromatic carboxylic acids is 1. The molecular weight excluding hydrogens is 278 g/mol. The largest absolute Gasteiger partial charge is 0.478 e. The van der Waals surface area contributed by atoms with Crippen LogP contribution in [0.4, 0.5) is 5.69 Å². The van der Waals surface area contributed by atoms with E-state index in [1.165, 1.54) is 6.07 Å². The molecule has 2 aromatic rings. The topological polar surface area (TPSA) is 66.4 Å². The number of hydrogen-bond acceptors (Lipinski definition) is 2. The van der Waals surface area contributed by atoms with Crippen molar-refractivity contribution >= 4 is 29.2 Å². The van der Waals surface area contributed by atoms with Crippen molar-refractivity contribution in [2.75, 3.05) is 5.32 Å². The average Bonchev–Trinajstić information content (AvgIpc) is 2.40. The minimum atomic E-state index is -1.03. The molecule has 0 saturated carbocycles. The Labute approximate surface area is 121 Å². The number of carboxylic acid groups (broad SMARTS) is 1. The standard InChI is InChI=1S/C15H12ClNO3/c1-9-5-6-12(8-13(9)15(19)20)17-14(18)10-3-2-4-11(16)7-10/h2-8H,1H3,(H,17,18)(H,19,20). The van der Waals surface area contributed by atoms with Gasteiger partial charge in [-0.15, -0.1) is 0 Å². The summed E-state index contributed by atoms with van der Waals surface area (Å²) in [5.41, 5.74) is 1.64. The lowest BCUT2D eigenvalue weighted by Gasteiger charge is -2.08. The molecule has 0 radical (unpaired) electrons. The normalized spacial score (nSPS) is 10.1. The Morgan fingerprint density at radius 3 is 2.55 bits per heavy atom. The summed E-state index contributed by atoms with van der Waals surface area (Å²) >= 11 is 5.82. The van der Waals surface area contributed by atoms with Crippen LogP contribution in [0.15, 0.2) is 42.5 Å². The molecule has 2 N–H and O–H groups in total. The number of rotatable bonds is 3. The van der Waals surface area contributed by atoms with Gasteiger partial charge in [0, 0.05) is 16.3 Å². The molecule has 20 heavy (non-hydrogen) atoms. The molecule has 0 aromatic heterocycles. The second kappa shape index (κ2) is 5.75. The zero-order valence-electron chi connectivity index (χ0n) is 10.7. The van der Waals surface area contributed by atoms with E-state index in [0.717, 1.165) is 0 Å². The maximum absolute atomic E-state index is 12.0. The van der Waals surface area contributed by atoms with Gasteiger partial charge in [-0.2, -0.15) is 0 Å². The third kappa shape index (κ3) is 3.16. The molecule has 1 amide bonds. The third-order valence-corrected chi connectivity index (χ3v) is 3.05. The fourth-order valence-electron chi connectivity index (χ4n) is 1.76. The number of carbonyl (C=O) groups excluding carboxylic acids is 1. The van der Waals surface area contributed by atoms with E-state index in [4.69, 9.17) is 16.7 Å². The first-order chi connectivity index (χ1) is 9.47. The van der Waals surface area contributed by atoms with Gasteiger partial charge < -0.3 is 10.4 Å². The number of anilines is 1. The van der Waals surface area contributed by atoms with Crippen LogP contribution in [0.25, 0.3) is 0 Å². The van der Waals surface area contributed by atoms with Gasteiger partial charge in [0.15, 0.2) is 0 Å². The molecule has 0 aliphatic heterocycles. The predicted octanol–water partition coefficient (Wildman–Crippen LogP) is 3.60. The first-order valence-electron chi connectivity index (χ1n) is 5.88. The van der Waals surface area contributed by atoms with E-state index in [0.29, 0.717) is 21.8 Å². The summed E-state index contributed by atoms with van der Waals surface area (Å²) < 4.78 is 0. The maximum Gasteiger partial charge on any atom is 0.336 e. The number of carbonyl (C=O) groups is 2. The third-order valence-electron chi connectivity index (χ3n) is 2.81. The molecule has 0 aliphatic rings. The van der Waals surface area contributed by atoms with E-state index in [1.54, 1.807) is 43.3 Å². The van der Waals surface area contributed by atoms with Crippen molar-refractivity contribution in [2.24, 2.45) is 0 Å². The van der Waals surface area contributed by atoms with E-state index in [9.17, 15) is 9.59 Å². The molecule has 0 saturated heterocycles. The summed E-state index contributed by atoms with van der Waals surface area (Å²) in [6.45, 7) is 1.70. The van der Waals surface area contributed by atoms with E-state index in [1.807, 2.05) is 0 Å². The lowest BCUT2D eigenvalue weighted by atomic mass is 10.1. The summed E-state index contributed by atoms with van der Waals surface area (Å²) in [6, 6.07) is 11.3. The molecule has 0 fully saturated rings. The Hall–Kier alpha value is -2.33. The number of nitrogens with one attached hydrogen (secondary N) is 1. The fourth-order valence-corrected chi connectivity index (χ4v) is 1.95. The average molecular weight is 290 g/mol. The second-order valence-electron chi connectivity index (χ2n) is 4.30. The van der Waals surface area contributed by atoms with Crippen molar-refractivity contribution in [1.29, 1.82) is 0 Å². The molecule has 4 nitrogen and oxygen atoms in total. The molecule has 5 heteroatoms. The summed E-state index contributed by atoms with van der Waals surface area (Å²) in [7, 11) is 0. The summed E-state index contributed by atoms with van der Waals surface area (Å²) in [5.74, 6) is -1.37. The van der Waals surface area contributed by atoms with E-state index in [2.05, 4.69) is 5.32 Å². The monoisotopic (exact) mass is 289 g/mol. The zero-order chi connectivity index (χ0) is 14.7. The molecular formula is C15H12ClNO3. The minimum absolute atomic E-state index is 0.161. The van der Waals surface area contributed by atoms with Crippen LogP contribution in [-0.4, -0.2) is 17.0 Å². The van der Waals surface area contributed by atoms with Gasteiger partial charge in [0.05, 0.1) is 5.56 Å². The van der Waals surface area contributed by atoms with Crippen LogP contribution >= 0.6 is 11.6 Å². The molecule has 0 bridgehead atoms. The Morgan fingerprint density at radius 2 is 1.90 bits per heavy atom. The molecule has 0 heterocycles. The Bertz CT molecular complexity index is 683. The Balaban J connectivity index is 2.24. The minimum Gasteiger partial charge on any atom is -0.478 e. The Morgan fingerprint density at radius 1 is 1.15 bits per heavy atom. The fraction of sp³-hybridized carbons (Fsp3) is 0.0667. The van der Waals surface area contributed by atoms with Gasteiger partial charge in [0.25, 0.3) is 5.91 Å². The van der Waals surface area contributed by atoms with Gasteiger partial charge in [0.2, 0.25) is 0 Å². The molecule has 2 aromatic carbocycles. The molecule has 0 unspecified atom stereocenters. The van der Waals surface area contributed by atoms with Gasteiger partial charge in [-0.25, -0.2) is 4.79 Å². The van der Waals surface area contributed by atoms with Gasteiger partial charge in [-0.3, -0.25) is 4.79 Å². The Kier molecular flexibility index (Phi) is 4.05. The van der Waals surface area contributed by atoms with Crippen molar-refractivity contribution in [1.82, 2.24) is 0 Å². The highest BCUT2D eigenvalue weighted by molar-refractivity contribution is 6.31. The SMILES string of the molecule is Cc1ccc(NC(=O)c2cccc(Cl)c2)cc1C(=O)O. The van der Waals surface area contributed by atoms with Crippen molar-refractivity contribution in [2.45, 2.75) is 6.92 Å². The lowest BCUT2D eigenvalue weighted by molar-refractivity contribution is 0.0695. The van der Waals surface area contributed by atoms with Crippen LogP contribution in [0, 0.1) is 6.92 Å².